The van der Waals surface area contributed by atoms with Gasteiger partial charge in [0.05, 0.1) is 13.2 Å². The van der Waals surface area contributed by atoms with Gasteiger partial charge in [0, 0.05) is 17.4 Å². The summed E-state index contributed by atoms with van der Waals surface area (Å²) in [5, 5.41) is 3.15. The van der Waals surface area contributed by atoms with E-state index in [1.165, 1.54) is 7.11 Å². The molecule has 1 aromatic heterocycles. The molecule has 0 aliphatic heterocycles. The number of hydrogen-bond acceptors (Lipinski definition) is 4. The SMILES string of the molecule is COC(=O)c1[nH]c2ccccc2c1CCN(C(=O)OC(C)(C)C)[C@@H](C)c1cccc2ccccc12. The molecule has 4 aromatic rings. The van der Waals surface area contributed by atoms with E-state index in [4.69, 9.17) is 9.47 Å². The summed E-state index contributed by atoms with van der Waals surface area (Å²) < 4.78 is 10.8. The molecule has 0 unspecified atom stereocenters. The molecule has 182 valence electrons. The van der Waals surface area contributed by atoms with E-state index in [0.717, 1.165) is 32.8 Å². The van der Waals surface area contributed by atoms with Gasteiger partial charge in [0.1, 0.15) is 11.3 Å². The quantitative estimate of drug-likeness (QED) is 0.319. The number of amides is 1. The van der Waals surface area contributed by atoms with E-state index < -0.39 is 17.7 Å². The summed E-state index contributed by atoms with van der Waals surface area (Å²) in [6.07, 6.45) is 0.0698. The Kier molecular flexibility index (Phi) is 6.83. The van der Waals surface area contributed by atoms with Crippen LogP contribution in [0.1, 0.15) is 55.4 Å². The van der Waals surface area contributed by atoms with Crippen LogP contribution in [-0.4, -0.2) is 41.2 Å². The number of esters is 1. The summed E-state index contributed by atoms with van der Waals surface area (Å²) in [5.41, 5.74) is 2.50. The van der Waals surface area contributed by atoms with Crippen LogP contribution in [-0.2, 0) is 15.9 Å². The molecular weight excluding hydrogens is 440 g/mol. The minimum atomic E-state index is -0.633. The van der Waals surface area contributed by atoms with E-state index in [1.54, 1.807) is 4.90 Å². The number of nitrogens with zero attached hydrogens (tertiary/aromatic N) is 1. The summed E-state index contributed by atoms with van der Waals surface area (Å²) in [6, 6.07) is 21.8. The first kappa shape index (κ1) is 24.3. The number of methoxy groups -OCH3 is 1. The van der Waals surface area contributed by atoms with Crippen LogP contribution in [0, 0.1) is 0 Å². The van der Waals surface area contributed by atoms with Crippen molar-refractivity contribution in [3.05, 3.63) is 83.6 Å². The van der Waals surface area contributed by atoms with Gasteiger partial charge in [-0.1, -0.05) is 60.7 Å². The van der Waals surface area contributed by atoms with Crippen LogP contribution in [0.3, 0.4) is 0 Å². The molecule has 0 fully saturated rings. The Labute approximate surface area is 205 Å². The van der Waals surface area contributed by atoms with Crippen molar-refractivity contribution in [3.8, 4) is 0 Å². The highest BCUT2D eigenvalue weighted by Crippen LogP contribution is 2.31. The zero-order valence-corrected chi connectivity index (χ0v) is 20.9. The van der Waals surface area contributed by atoms with Crippen LogP contribution in [0.2, 0.25) is 0 Å². The number of hydrogen-bond donors (Lipinski definition) is 1. The Balaban J connectivity index is 1.72. The van der Waals surface area contributed by atoms with E-state index in [2.05, 4.69) is 29.2 Å². The molecule has 3 aromatic carbocycles. The van der Waals surface area contributed by atoms with Gasteiger partial charge in [0.2, 0.25) is 0 Å². The maximum atomic E-state index is 13.4. The molecular formula is C29H32N2O4. The van der Waals surface area contributed by atoms with Crippen molar-refractivity contribution in [2.45, 2.75) is 45.8 Å². The number of carbonyl (C=O) groups excluding carboxylic acids is 2. The zero-order valence-electron chi connectivity index (χ0n) is 20.9. The first-order valence-corrected chi connectivity index (χ1v) is 11.8. The lowest BCUT2D eigenvalue weighted by Crippen LogP contribution is -2.39. The topological polar surface area (TPSA) is 71.6 Å². The number of H-pyrrole nitrogens is 1. The maximum Gasteiger partial charge on any atom is 0.410 e. The van der Waals surface area contributed by atoms with Crippen molar-refractivity contribution in [2.75, 3.05) is 13.7 Å². The molecule has 1 heterocycles. The first-order chi connectivity index (χ1) is 16.7. The highest BCUT2D eigenvalue weighted by Gasteiger charge is 2.29. The highest BCUT2D eigenvalue weighted by atomic mass is 16.6. The Morgan fingerprint density at radius 3 is 2.31 bits per heavy atom. The average molecular weight is 473 g/mol. The lowest BCUT2D eigenvalue weighted by molar-refractivity contribution is 0.0177. The van der Waals surface area contributed by atoms with Gasteiger partial charge in [-0.25, -0.2) is 9.59 Å². The number of ether oxygens (including phenoxy) is 2. The third-order valence-electron chi connectivity index (χ3n) is 6.17. The van der Waals surface area contributed by atoms with E-state index in [-0.39, 0.29) is 6.04 Å². The van der Waals surface area contributed by atoms with Gasteiger partial charge in [-0.15, -0.1) is 0 Å². The molecule has 0 saturated heterocycles. The Bertz CT molecular complexity index is 1360. The van der Waals surface area contributed by atoms with E-state index >= 15 is 0 Å². The monoisotopic (exact) mass is 472 g/mol. The maximum absolute atomic E-state index is 13.4. The van der Waals surface area contributed by atoms with Gasteiger partial charge in [-0.3, -0.25) is 0 Å². The molecule has 0 saturated carbocycles. The normalized spacial score (nSPS) is 12.5. The van der Waals surface area contributed by atoms with Crippen LogP contribution in [0.15, 0.2) is 66.7 Å². The summed E-state index contributed by atoms with van der Waals surface area (Å²) in [4.78, 5) is 30.9. The molecule has 6 nitrogen and oxygen atoms in total. The third kappa shape index (κ3) is 5.16. The zero-order chi connectivity index (χ0) is 25.2. The third-order valence-corrected chi connectivity index (χ3v) is 6.17. The lowest BCUT2D eigenvalue weighted by atomic mass is 9.98. The Morgan fingerprint density at radius 1 is 0.943 bits per heavy atom. The number of carbonyl (C=O) groups is 2. The number of fused-ring (bicyclic) bond motifs is 2. The summed E-state index contributed by atoms with van der Waals surface area (Å²) in [7, 11) is 1.37. The largest absolute Gasteiger partial charge is 0.464 e. The number of aromatic amines is 1. The second-order valence-corrected chi connectivity index (χ2v) is 9.68. The molecule has 1 N–H and O–H groups in total. The standard InChI is InChI=1S/C29H32N2O4/c1-19(21-15-10-12-20-11-6-7-13-22(20)21)31(28(33)35-29(2,3)4)18-17-24-23-14-8-9-16-25(23)30-26(24)27(32)34-5/h6-16,19,30H,17-18H2,1-5H3/t19-/m0/s1. The number of para-hydroxylation sites is 1. The molecule has 4 rings (SSSR count). The van der Waals surface area contributed by atoms with Crippen molar-refractivity contribution >= 4 is 33.7 Å². The summed E-state index contributed by atoms with van der Waals surface area (Å²) in [5.74, 6) is -0.429. The second-order valence-electron chi connectivity index (χ2n) is 9.68. The predicted molar refractivity (Wildman–Crippen MR) is 139 cm³/mol. The fraction of sp³-hybridized carbons (Fsp3) is 0.310. The number of nitrogens with one attached hydrogen (secondary N) is 1. The van der Waals surface area contributed by atoms with Crippen LogP contribution in [0.25, 0.3) is 21.7 Å². The first-order valence-electron chi connectivity index (χ1n) is 11.8. The van der Waals surface area contributed by atoms with Gasteiger partial charge in [-0.2, -0.15) is 0 Å². The van der Waals surface area contributed by atoms with Crippen molar-refractivity contribution < 1.29 is 19.1 Å². The van der Waals surface area contributed by atoms with Crippen LogP contribution in [0.5, 0.6) is 0 Å². The van der Waals surface area contributed by atoms with E-state index in [0.29, 0.717) is 18.7 Å². The molecule has 35 heavy (non-hydrogen) atoms. The smallest absolute Gasteiger partial charge is 0.410 e. The van der Waals surface area contributed by atoms with E-state index in [1.807, 2.05) is 70.2 Å². The highest BCUT2D eigenvalue weighted by molar-refractivity contribution is 5.98. The van der Waals surface area contributed by atoms with Gasteiger partial charge in [-0.05, 0) is 62.1 Å². The van der Waals surface area contributed by atoms with Crippen LogP contribution >= 0.6 is 0 Å². The molecule has 0 aliphatic rings. The molecule has 0 spiro atoms. The molecule has 0 bridgehead atoms. The number of rotatable bonds is 6. The van der Waals surface area contributed by atoms with Gasteiger partial charge in [0.15, 0.2) is 0 Å². The summed E-state index contributed by atoms with van der Waals surface area (Å²) in [6.45, 7) is 7.97. The second kappa shape index (κ2) is 9.82. The van der Waals surface area contributed by atoms with Gasteiger partial charge < -0.3 is 19.4 Å². The van der Waals surface area contributed by atoms with Crippen LogP contribution < -0.4 is 0 Å². The minimum absolute atomic E-state index is 0.247. The Hall–Kier alpha value is -3.80. The van der Waals surface area contributed by atoms with Crippen LogP contribution in [0.4, 0.5) is 4.79 Å². The van der Waals surface area contributed by atoms with Crippen molar-refractivity contribution in [1.29, 1.82) is 0 Å². The Morgan fingerprint density at radius 2 is 1.60 bits per heavy atom. The number of aromatic nitrogens is 1. The van der Waals surface area contributed by atoms with E-state index in [9.17, 15) is 9.59 Å². The lowest BCUT2D eigenvalue weighted by Gasteiger charge is -2.32. The minimum Gasteiger partial charge on any atom is -0.464 e. The summed E-state index contributed by atoms with van der Waals surface area (Å²) >= 11 is 0. The van der Waals surface area contributed by atoms with Gasteiger partial charge in [0.25, 0.3) is 0 Å². The molecule has 6 heteroatoms. The molecule has 0 radical (unpaired) electrons. The molecule has 1 amide bonds. The molecule has 1 atom stereocenters. The predicted octanol–water partition coefficient (Wildman–Crippen LogP) is 6.65. The number of benzene rings is 3. The fourth-order valence-corrected chi connectivity index (χ4v) is 4.51. The fourth-order valence-electron chi connectivity index (χ4n) is 4.51. The van der Waals surface area contributed by atoms with Gasteiger partial charge >= 0.3 is 12.1 Å². The average Bonchev–Trinajstić information content (AvgIpc) is 3.20. The van der Waals surface area contributed by atoms with Crippen molar-refractivity contribution in [2.24, 2.45) is 0 Å². The van der Waals surface area contributed by atoms with Crippen molar-refractivity contribution in [1.82, 2.24) is 9.88 Å². The van der Waals surface area contributed by atoms with Crippen molar-refractivity contribution in [3.63, 3.8) is 0 Å². The molecule has 0 aliphatic carbocycles.